The van der Waals surface area contributed by atoms with Crippen LogP contribution in [0.1, 0.15) is 29.0 Å². The number of pyridine rings is 1. The number of ether oxygens (including phenoxy) is 1. The Morgan fingerprint density at radius 3 is 2.68 bits per heavy atom. The van der Waals surface area contributed by atoms with E-state index in [2.05, 4.69) is 15.3 Å². The van der Waals surface area contributed by atoms with E-state index in [1.807, 2.05) is 19.1 Å². The summed E-state index contributed by atoms with van der Waals surface area (Å²) in [5, 5.41) is 2.83. The van der Waals surface area contributed by atoms with Crippen molar-refractivity contribution in [1.29, 1.82) is 0 Å². The minimum absolute atomic E-state index is 0.0797. The Labute approximate surface area is 146 Å². The van der Waals surface area contributed by atoms with Crippen molar-refractivity contribution in [3.8, 4) is 0 Å². The highest BCUT2D eigenvalue weighted by atomic mass is 32.2. The van der Waals surface area contributed by atoms with Crippen LogP contribution in [0.2, 0.25) is 0 Å². The van der Waals surface area contributed by atoms with E-state index in [1.54, 1.807) is 12.4 Å². The summed E-state index contributed by atoms with van der Waals surface area (Å²) in [7, 11) is -3.62. The monoisotopic (exact) mass is 364 g/mol. The van der Waals surface area contributed by atoms with Gasteiger partial charge in [0.25, 0.3) is 5.91 Å². The van der Waals surface area contributed by atoms with Crippen molar-refractivity contribution < 1.29 is 17.9 Å². The number of carbonyl (C=O) groups is 1. The number of hydrogen-bond donors (Lipinski definition) is 2. The molecule has 0 bridgehead atoms. The zero-order valence-electron chi connectivity index (χ0n) is 13.8. The van der Waals surface area contributed by atoms with E-state index in [0.29, 0.717) is 26.3 Å². The van der Waals surface area contributed by atoms with Crippen LogP contribution in [0.4, 0.5) is 0 Å². The van der Waals surface area contributed by atoms with Crippen molar-refractivity contribution in [3.05, 3.63) is 48.0 Å². The summed E-state index contributed by atoms with van der Waals surface area (Å²) in [4.78, 5) is 19.1. The summed E-state index contributed by atoms with van der Waals surface area (Å²) in [6.45, 7) is 3.23. The van der Waals surface area contributed by atoms with Gasteiger partial charge in [-0.1, -0.05) is 0 Å². The third-order valence-electron chi connectivity index (χ3n) is 4.06. The highest BCUT2D eigenvalue weighted by molar-refractivity contribution is 7.89. The first kappa shape index (κ1) is 17.6. The molecule has 1 atom stereocenters. The van der Waals surface area contributed by atoms with Gasteiger partial charge in [-0.3, -0.25) is 9.78 Å². The number of sulfonamides is 1. The van der Waals surface area contributed by atoms with Gasteiger partial charge in [0.2, 0.25) is 10.0 Å². The highest BCUT2D eigenvalue weighted by Gasteiger charge is 2.28. The molecule has 1 aliphatic rings. The van der Waals surface area contributed by atoms with Gasteiger partial charge in [-0.15, -0.1) is 0 Å². The van der Waals surface area contributed by atoms with E-state index >= 15 is 0 Å². The average molecular weight is 364 g/mol. The summed E-state index contributed by atoms with van der Waals surface area (Å²) in [5.41, 5.74) is 1.11. The van der Waals surface area contributed by atoms with Crippen LogP contribution >= 0.6 is 0 Å². The molecule has 0 radical (unpaired) electrons. The summed E-state index contributed by atoms with van der Waals surface area (Å²) in [6, 6.07) is 4.76. The summed E-state index contributed by atoms with van der Waals surface area (Å²) < 4.78 is 31.7. The minimum Gasteiger partial charge on any atom is -0.379 e. The Morgan fingerprint density at radius 1 is 1.32 bits per heavy atom. The van der Waals surface area contributed by atoms with E-state index < -0.39 is 10.0 Å². The fourth-order valence-corrected chi connectivity index (χ4v) is 4.00. The van der Waals surface area contributed by atoms with Crippen LogP contribution in [0.25, 0.3) is 0 Å². The van der Waals surface area contributed by atoms with Crippen molar-refractivity contribution in [2.45, 2.75) is 17.9 Å². The molecule has 1 unspecified atom stereocenters. The Balaban J connectivity index is 1.71. The molecule has 1 saturated heterocycles. The molecule has 2 aromatic rings. The molecule has 3 rings (SSSR count). The SMILES string of the molecule is CC(NC(=O)c1cc(S(=O)(=O)N2CCOCC2)c[nH]1)c1ccncc1. The first-order chi connectivity index (χ1) is 12.0. The van der Waals surface area contributed by atoms with E-state index in [1.165, 1.54) is 16.6 Å². The average Bonchev–Trinajstić information content (AvgIpc) is 3.14. The van der Waals surface area contributed by atoms with Gasteiger partial charge in [0.15, 0.2) is 0 Å². The smallest absolute Gasteiger partial charge is 0.268 e. The maximum Gasteiger partial charge on any atom is 0.268 e. The van der Waals surface area contributed by atoms with Gasteiger partial charge in [0.05, 0.1) is 19.3 Å². The highest BCUT2D eigenvalue weighted by Crippen LogP contribution is 2.19. The topological polar surface area (TPSA) is 104 Å². The molecule has 1 amide bonds. The Hall–Kier alpha value is -2.23. The predicted octanol–water partition coefficient (Wildman–Crippen LogP) is 0.922. The molecule has 1 aliphatic heterocycles. The van der Waals surface area contributed by atoms with Gasteiger partial charge in [0.1, 0.15) is 10.6 Å². The van der Waals surface area contributed by atoms with Crippen molar-refractivity contribution in [2.75, 3.05) is 26.3 Å². The first-order valence-electron chi connectivity index (χ1n) is 7.95. The van der Waals surface area contributed by atoms with Crippen LogP contribution in [0.3, 0.4) is 0 Å². The number of nitrogens with one attached hydrogen (secondary N) is 2. The fraction of sp³-hybridized carbons (Fsp3) is 0.375. The van der Waals surface area contributed by atoms with Crippen LogP contribution in [0, 0.1) is 0 Å². The zero-order valence-corrected chi connectivity index (χ0v) is 14.6. The van der Waals surface area contributed by atoms with E-state index in [-0.39, 0.29) is 22.5 Å². The van der Waals surface area contributed by atoms with E-state index in [9.17, 15) is 13.2 Å². The Morgan fingerprint density at radius 2 is 2.00 bits per heavy atom. The van der Waals surface area contributed by atoms with Crippen LogP contribution in [0.15, 0.2) is 41.7 Å². The standard InChI is InChI=1S/C16H20N4O4S/c1-12(13-2-4-17-5-3-13)19-16(21)15-10-14(11-18-15)25(22,23)20-6-8-24-9-7-20/h2-5,10-12,18H,6-9H2,1H3,(H,19,21). The lowest BCUT2D eigenvalue weighted by atomic mass is 10.1. The van der Waals surface area contributed by atoms with Crippen molar-refractivity contribution in [3.63, 3.8) is 0 Å². The third kappa shape index (κ3) is 3.89. The molecule has 0 aromatic carbocycles. The largest absolute Gasteiger partial charge is 0.379 e. The maximum absolute atomic E-state index is 12.6. The summed E-state index contributed by atoms with van der Waals surface area (Å²) in [6.07, 6.45) is 4.65. The second-order valence-electron chi connectivity index (χ2n) is 5.74. The quantitative estimate of drug-likeness (QED) is 0.821. The number of aromatic amines is 1. The van der Waals surface area contributed by atoms with Gasteiger partial charge in [-0.2, -0.15) is 4.31 Å². The van der Waals surface area contributed by atoms with Gasteiger partial charge >= 0.3 is 0 Å². The Kier molecular flexibility index (Phi) is 5.16. The van der Waals surface area contributed by atoms with Crippen LogP contribution in [-0.4, -0.2) is 54.9 Å². The number of H-pyrrole nitrogens is 1. The summed E-state index contributed by atoms with van der Waals surface area (Å²) >= 11 is 0. The molecule has 9 heteroatoms. The number of carbonyl (C=O) groups excluding carboxylic acids is 1. The second kappa shape index (κ2) is 7.34. The predicted molar refractivity (Wildman–Crippen MR) is 90.5 cm³/mol. The molecule has 3 heterocycles. The number of aromatic nitrogens is 2. The second-order valence-corrected chi connectivity index (χ2v) is 7.68. The number of nitrogens with zero attached hydrogens (tertiary/aromatic N) is 2. The molecule has 8 nitrogen and oxygen atoms in total. The van der Waals surface area contributed by atoms with Gasteiger partial charge < -0.3 is 15.0 Å². The van der Waals surface area contributed by atoms with Crippen molar-refractivity contribution in [2.24, 2.45) is 0 Å². The number of amides is 1. The van der Waals surface area contributed by atoms with Gasteiger partial charge in [-0.05, 0) is 30.7 Å². The number of morpholine rings is 1. The van der Waals surface area contributed by atoms with Crippen LogP contribution in [-0.2, 0) is 14.8 Å². The molecule has 2 aromatic heterocycles. The molecule has 0 spiro atoms. The zero-order chi connectivity index (χ0) is 17.9. The molecule has 2 N–H and O–H groups in total. The van der Waals surface area contributed by atoms with Gasteiger partial charge in [-0.25, -0.2) is 8.42 Å². The normalized spacial score (nSPS) is 17.2. The van der Waals surface area contributed by atoms with Crippen LogP contribution in [0.5, 0.6) is 0 Å². The van der Waals surface area contributed by atoms with E-state index in [0.717, 1.165) is 5.56 Å². The minimum atomic E-state index is -3.62. The lowest BCUT2D eigenvalue weighted by Gasteiger charge is -2.25. The lowest BCUT2D eigenvalue weighted by Crippen LogP contribution is -2.40. The summed E-state index contributed by atoms with van der Waals surface area (Å²) in [5.74, 6) is -0.368. The first-order valence-corrected chi connectivity index (χ1v) is 9.39. The molecular weight excluding hydrogens is 344 g/mol. The molecule has 1 fully saturated rings. The van der Waals surface area contributed by atoms with E-state index in [4.69, 9.17) is 4.74 Å². The maximum atomic E-state index is 12.6. The molecular formula is C16H20N4O4S. The number of rotatable bonds is 5. The third-order valence-corrected chi connectivity index (χ3v) is 5.94. The molecule has 134 valence electrons. The molecule has 25 heavy (non-hydrogen) atoms. The lowest BCUT2D eigenvalue weighted by molar-refractivity contribution is 0.0730. The fourth-order valence-electron chi connectivity index (χ4n) is 2.60. The number of hydrogen-bond acceptors (Lipinski definition) is 5. The van der Waals surface area contributed by atoms with Crippen molar-refractivity contribution in [1.82, 2.24) is 19.6 Å². The molecule has 0 aliphatic carbocycles. The van der Waals surface area contributed by atoms with Crippen molar-refractivity contribution >= 4 is 15.9 Å². The van der Waals surface area contributed by atoms with Crippen LogP contribution < -0.4 is 5.32 Å². The van der Waals surface area contributed by atoms with Gasteiger partial charge in [0, 0.05) is 31.7 Å². The molecule has 0 saturated carbocycles. The Bertz CT molecular complexity index is 829.